The lowest BCUT2D eigenvalue weighted by Crippen LogP contribution is -2.30. The van der Waals surface area contributed by atoms with Gasteiger partial charge >= 0.3 is 0 Å². The van der Waals surface area contributed by atoms with Crippen molar-refractivity contribution in [3.63, 3.8) is 0 Å². The molecule has 0 fully saturated rings. The highest BCUT2D eigenvalue weighted by Crippen LogP contribution is 2.21. The summed E-state index contributed by atoms with van der Waals surface area (Å²) >= 11 is 7.45. The molecule has 0 atom stereocenters. The third-order valence-corrected chi connectivity index (χ3v) is 3.30. The monoisotopic (exact) mass is 249 g/mol. The molecule has 86 valence electrons. The molecule has 0 aliphatic carbocycles. The molecular weight excluding hydrogens is 234 g/mol. The van der Waals surface area contributed by atoms with E-state index in [2.05, 4.69) is 11.4 Å². The predicted octanol–water partition coefficient (Wildman–Crippen LogP) is 2.15. The van der Waals surface area contributed by atoms with E-state index in [0.717, 1.165) is 17.3 Å². The molecule has 1 heterocycles. The molecule has 0 saturated carbocycles. The molecular formula is C10H16ClNO2S. The van der Waals surface area contributed by atoms with Gasteiger partial charge in [-0.05, 0) is 18.6 Å². The second-order valence-electron chi connectivity index (χ2n) is 3.06. The quantitative estimate of drug-likeness (QED) is 0.593. The average molecular weight is 250 g/mol. The van der Waals surface area contributed by atoms with Crippen LogP contribution in [0.2, 0.25) is 4.34 Å². The summed E-state index contributed by atoms with van der Waals surface area (Å²) in [5.41, 5.74) is 0. The van der Waals surface area contributed by atoms with E-state index in [-0.39, 0.29) is 6.29 Å². The number of nitrogens with one attached hydrogen (secondary N) is 1. The van der Waals surface area contributed by atoms with Gasteiger partial charge in [0.25, 0.3) is 0 Å². The van der Waals surface area contributed by atoms with Crippen LogP contribution < -0.4 is 5.32 Å². The molecule has 5 heteroatoms. The summed E-state index contributed by atoms with van der Waals surface area (Å²) in [6.07, 6.45) is 0.814. The maximum absolute atomic E-state index is 5.83. The van der Waals surface area contributed by atoms with Crippen molar-refractivity contribution in [3.8, 4) is 0 Å². The first-order valence-electron chi connectivity index (χ1n) is 4.76. The lowest BCUT2D eigenvalue weighted by Gasteiger charge is -2.13. The van der Waals surface area contributed by atoms with Gasteiger partial charge < -0.3 is 14.8 Å². The maximum atomic E-state index is 5.83. The highest BCUT2D eigenvalue weighted by molar-refractivity contribution is 7.16. The zero-order valence-electron chi connectivity index (χ0n) is 8.96. The van der Waals surface area contributed by atoms with E-state index < -0.39 is 0 Å². The van der Waals surface area contributed by atoms with E-state index in [4.69, 9.17) is 21.1 Å². The van der Waals surface area contributed by atoms with Gasteiger partial charge in [0.2, 0.25) is 0 Å². The normalized spacial score (nSPS) is 11.2. The Labute approximate surface area is 99.3 Å². The maximum Gasteiger partial charge on any atom is 0.169 e. The van der Waals surface area contributed by atoms with Crippen molar-refractivity contribution >= 4 is 22.9 Å². The molecule has 0 saturated heterocycles. The Morgan fingerprint density at radius 2 is 2.13 bits per heavy atom. The van der Waals surface area contributed by atoms with E-state index in [1.165, 1.54) is 4.88 Å². The zero-order valence-corrected chi connectivity index (χ0v) is 10.5. The van der Waals surface area contributed by atoms with Gasteiger partial charge in [-0.15, -0.1) is 11.3 Å². The van der Waals surface area contributed by atoms with E-state index in [9.17, 15) is 0 Å². The molecule has 0 aliphatic heterocycles. The minimum Gasteiger partial charge on any atom is -0.355 e. The number of thiophene rings is 1. The van der Waals surface area contributed by atoms with Crippen molar-refractivity contribution in [2.45, 2.75) is 12.7 Å². The van der Waals surface area contributed by atoms with Crippen molar-refractivity contribution in [1.82, 2.24) is 5.32 Å². The molecule has 3 nitrogen and oxygen atoms in total. The second kappa shape index (κ2) is 7.19. The standard InChI is InChI=1S/C10H16ClNO2S/c1-13-10(14-2)7-12-6-5-8-3-4-9(11)15-8/h3-4,10,12H,5-7H2,1-2H3. The molecule has 0 spiro atoms. The summed E-state index contributed by atoms with van der Waals surface area (Å²) in [7, 11) is 3.27. The number of methoxy groups -OCH3 is 2. The minimum absolute atomic E-state index is 0.170. The number of ether oxygens (including phenoxy) is 2. The van der Waals surface area contributed by atoms with Crippen molar-refractivity contribution in [3.05, 3.63) is 21.3 Å². The van der Waals surface area contributed by atoms with Crippen LogP contribution in [-0.2, 0) is 15.9 Å². The molecule has 0 amide bonds. The lowest BCUT2D eigenvalue weighted by molar-refractivity contribution is -0.0985. The first kappa shape index (κ1) is 12.9. The van der Waals surface area contributed by atoms with Crippen LogP contribution >= 0.6 is 22.9 Å². The number of halogens is 1. The fourth-order valence-electron chi connectivity index (χ4n) is 1.18. The Kier molecular flexibility index (Phi) is 6.20. The van der Waals surface area contributed by atoms with Crippen LogP contribution in [0.5, 0.6) is 0 Å². The van der Waals surface area contributed by atoms with Gasteiger partial charge in [-0.2, -0.15) is 0 Å². The summed E-state index contributed by atoms with van der Waals surface area (Å²) in [4.78, 5) is 1.29. The van der Waals surface area contributed by atoms with E-state index in [0.29, 0.717) is 6.54 Å². The molecule has 0 unspecified atom stereocenters. The number of rotatable bonds is 7. The highest BCUT2D eigenvalue weighted by Gasteiger charge is 2.03. The Bertz CT molecular complexity index is 276. The summed E-state index contributed by atoms with van der Waals surface area (Å²) in [6.45, 7) is 1.60. The van der Waals surface area contributed by atoms with Gasteiger partial charge in [0, 0.05) is 32.2 Å². The van der Waals surface area contributed by atoms with Crippen molar-refractivity contribution in [2.75, 3.05) is 27.3 Å². The minimum atomic E-state index is -0.170. The third kappa shape index (κ3) is 4.95. The first-order valence-corrected chi connectivity index (χ1v) is 5.96. The fourth-order valence-corrected chi connectivity index (χ4v) is 2.27. The van der Waals surface area contributed by atoms with Gasteiger partial charge in [0.15, 0.2) is 6.29 Å². The average Bonchev–Trinajstić information content (AvgIpc) is 2.65. The zero-order chi connectivity index (χ0) is 11.1. The smallest absolute Gasteiger partial charge is 0.169 e. The van der Waals surface area contributed by atoms with Crippen LogP contribution in [0.4, 0.5) is 0 Å². The van der Waals surface area contributed by atoms with Gasteiger partial charge in [-0.1, -0.05) is 11.6 Å². The molecule has 0 aliphatic rings. The third-order valence-electron chi connectivity index (χ3n) is 2.01. The predicted molar refractivity (Wildman–Crippen MR) is 63.7 cm³/mol. The Hall–Kier alpha value is -0.130. The molecule has 1 rings (SSSR count). The van der Waals surface area contributed by atoms with Crippen molar-refractivity contribution in [2.24, 2.45) is 0 Å². The van der Waals surface area contributed by atoms with Crippen LogP contribution in [0.25, 0.3) is 0 Å². The van der Waals surface area contributed by atoms with E-state index >= 15 is 0 Å². The Balaban J connectivity index is 2.11. The lowest BCUT2D eigenvalue weighted by atomic mass is 10.3. The first-order chi connectivity index (χ1) is 7.26. The van der Waals surface area contributed by atoms with Crippen LogP contribution in [0.1, 0.15) is 4.88 Å². The summed E-state index contributed by atoms with van der Waals surface area (Å²) < 4.78 is 10.9. The topological polar surface area (TPSA) is 30.5 Å². The van der Waals surface area contributed by atoms with Crippen LogP contribution in [-0.4, -0.2) is 33.6 Å². The van der Waals surface area contributed by atoms with Crippen LogP contribution in [0.3, 0.4) is 0 Å². The summed E-state index contributed by atoms with van der Waals surface area (Å²) in [6, 6.07) is 3.98. The van der Waals surface area contributed by atoms with Crippen LogP contribution in [0.15, 0.2) is 12.1 Å². The van der Waals surface area contributed by atoms with Gasteiger partial charge in [0.1, 0.15) is 0 Å². The number of hydrogen-bond acceptors (Lipinski definition) is 4. The molecule has 15 heavy (non-hydrogen) atoms. The van der Waals surface area contributed by atoms with Crippen molar-refractivity contribution in [1.29, 1.82) is 0 Å². The van der Waals surface area contributed by atoms with E-state index in [1.54, 1.807) is 25.6 Å². The Morgan fingerprint density at radius 3 is 2.67 bits per heavy atom. The largest absolute Gasteiger partial charge is 0.355 e. The van der Waals surface area contributed by atoms with E-state index in [1.807, 2.05) is 6.07 Å². The van der Waals surface area contributed by atoms with Crippen LogP contribution in [0, 0.1) is 0 Å². The van der Waals surface area contributed by atoms with Crippen molar-refractivity contribution < 1.29 is 9.47 Å². The fraction of sp³-hybridized carbons (Fsp3) is 0.600. The molecule has 1 aromatic heterocycles. The highest BCUT2D eigenvalue weighted by atomic mass is 35.5. The Morgan fingerprint density at radius 1 is 1.40 bits per heavy atom. The number of hydrogen-bond donors (Lipinski definition) is 1. The molecule has 0 aromatic carbocycles. The molecule has 1 N–H and O–H groups in total. The molecule has 0 bridgehead atoms. The van der Waals surface area contributed by atoms with Gasteiger partial charge in [-0.25, -0.2) is 0 Å². The molecule has 1 aromatic rings. The molecule has 0 radical (unpaired) electrons. The van der Waals surface area contributed by atoms with Gasteiger partial charge in [0.05, 0.1) is 4.34 Å². The second-order valence-corrected chi connectivity index (χ2v) is 4.86. The summed E-state index contributed by atoms with van der Waals surface area (Å²) in [5, 5.41) is 3.26. The summed E-state index contributed by atoms with van der Waals surface area (Å²) in [5.74, 6) is 0. The van der Waals surface area contributed by atoms with Gasteiger partial charge in [-0.3, -0.25) is 0 Å². The SMILES string of the molecule is COC(CNCCc1ccc(Cl)s1)OC.